The molecule has 1 aromatic rings. The molecule has 3 saturated heterocycles. The predicted molar refractivity (Wildman–Crippen MR) is 125 cm³/mol. The van der Waals surface area contributed by atoms with E-state index in [2.05, 4.69) is 0 Å². The average molecular weight is 488 g/mol. The molecule has 0 N–H and O–H groups in total. The van der Waals surface area contributed by atoms with Gasteiger partial charge in [0.15, 0.2) is 0 Å². The summed E-state index contributed by atoms with van der Waals surface area (Å²) in [4.78, 5) is 65.2. The highest BCUT2D eigenvalue weighted by Crippen LogP contribution is 2.35. The monoisotopic (exact) mass is 487 g/mol. The lowest BCUT2D eigenvalue weighted by Gasteiger charge is -2.22. The summed E-state index contributed by atoms with van der Waals surface area (Å²) in [6.45, 7) is -0.159. The van der Waals surface area contributed by atoms with Crippen LogP contribution in [0.2, 0.25) is 0 Å². The summed E-state index contributed by atoms with van der Waals surface area (Å²) in [6.07, 6.45) is 5.03. The Balaban J connectivity index is 1.43. The lowest BCUT2D eigenvalue weighted by atomic mass is 10.2. The normalized spacial score (nSPS) is 23.2. The van der Waals surface area contributed by atoms with Crippen LogP contribution in [0.5, 0.6) is 0 Å². The lowest BCUT2D eigenvalue weighted by molar-refractivity contribution is -0.141. The van der Waals surface area contributed by atoms with E-state index in [4.69, 9.17) is 12.2 Å². The zero-order valence-electron chi connectivity index (χ0n) is 16.6. The first-order valence-electron chi connectivity index (χ1n) is 9.67. The fraction of sp³-hybridized carbons (Fsp3) is 0.238. The largest absolute Gasteiger partial charge is 0.288 e. The van der Waals surface area contributed by atoms with Crippen molar-refractivity contribution < 1.29 is 24.0 Å². The molecule has 3 aliphatic rings. The average Bonchev–Trinajstić information content (AvgIpc) is 3.34. The first-order chi connectivity index (χ1) is 15.4. The number of rotatable bonds is 6. The Hall–Kier alpha value is -2.76. The first-order valence-corrected chi connectivity index (χ1v) is 11.9. The number of hydrogen-bond donors (Lipinski definition) is 0. The second-order valence-corrected chi connectivity index (χ2v) is 9.65. The van der Waals surface area contributed by atoms with Crippen LogP contribution in [0, 0.1) is 0 Å². The third kappa shape index (κ3) is 4.41. The molecular formula is C21H17N3O5S3. The van der Waals surface area contributed by atoms with Gasteiger partial charge in [0.2, 0.25) is 11.8 Å². The van der Waals surface area contributed by atoms with Gasteiger partial charge in [-0.2, -0.15) is 0 Å². The van der Waals surface area contributed by atoms with Crippen LogP contribution in [-0.4, -0.2) is 72.8 Å². The Labute approximate surface area is 197 Å². The molecule has 3 fully saturated rings. The second-order valence-electron chi connectivity index (χ2n) is 7.05. The third-order valence-corrected chi connectivity index (χ3v) is 7.29. The van der Waals surface area contributed by atoms with Crippen molar-refractivity contribution in [1.29, 1.82) is 0 Å². The first kappa shape index (κ1) is 22.4. The van der Waals surface area contributed by atoms with Crippen LogP contribution in [0.1, 0.15) is 12.0 Å². The summed E-state index contributed by atoms with van der Waals surface area (Å²) in [5.74, 6) is -1.73. The molecule has 0 unspecified atom stereocenters. The molecule has 8 nitrogen and oxygen atoms in total. The molecule has 1 aromatic carbocycles. The van der Waals surface area contributed by atoms with E-state index in [1.54, 1.807) is 12.2 Å². The number of carbonyl (C=O) groups is 5. The van der Waals surface area contributed by atoms with E-state index in [9.17, 15) is 24.0 Å². The Morgan fingerprint density at radius 1 is 1.00 bits per heavy atom. The fourth-order valence-corrected chi connectivity index (χ4v) is 5.53. The minimum Gasteiger partial charge on any atom is -0.280 e. The standard InChI is InChI=1S/C21H17N3O5S3/c25-16-11-14(18(27)22(16)9-10-23-17(26)12-31-20(23)29)24-19(28)15(32-21(24)30)8-4-7-13-5-2-1-3-6-13/h1-8,14H,9-12H2/b7-4+,15-8-/t14-/m1/s1. The van der Waals surface area contributed by atoms with Crippen LogP contribution < -0.4 is 0 Å². The number of thiocarbonyl (C=S) groups is 1. The number of likely N-dealkylation sites (tertiary alicyclic amines) is 1. The van der Waals surface area contributed by atoms with E-state index in [0.717, 1.165) is 38.9 Å². The van der Waals surface area contributed by atoms with Gasteiger partial charge in [0.05, 0.1) is 17.1 Å². The molecular weight excluding hydrogens is 470 g/mol. The minimum atomic E-state index is -1.02. The minimum absolute atomic E-state index is 0.0581. The highest BCUT2D eigenvalue weighted by Gasteiger charge is 2.48. The molecule has 11 heteroatoms. The fourth-order valence-electron chi connectivity index (χ4n) is 3.47. The van der Waals surface area contributed by atoms with E-state index in [0.29, 0.717) is 4.91 Å². The Bertz CT molecular complexity index is 1070. The molecule has 164 valence electrons. The van der Waals surface area contributed by atoms with Crippen LogP contribution >= 0.6 is 35.7 Å². The zero-order valence-corrected chi connectivity index (χ0v) is 19.1. The van der Waals surface area contributed by atoms with Crippen molar-refractivity contribution in [2.75, 3.05) is 18.8 Å². The van der Waals surface area contributed by atoms with Crippen molar-refractivity contribution in [3.63, 3.8) is 0 Å². The number of nitrogens with zero attached hydrogens (tertiary/aromatic N) is 3. The maximum atomic E-state index is 12.9. The highest BCUT2D eigenvalue weighted by molar-refractivity contribution is 8.26. The SMILES string of the molecule is O=C1CSC(=O)N1CCN1C(=O)C[C@@H](N2C(=O)/C(=C/C=C/c3ccccc3)SC2=S)C1=O. The molecule has 4 rings (SSSR count). The molecule has 0 radical (unpaired) electrons. The number of allylic oxidation sites excluding steroid dienone is 2. The van der Waals surface area contributed by atoms with E-state index in [1.165, 1.54) is 4.90 Å². The van der Waals surface area contributed by atoms with E-state index >= 15 is 0 Å². The summed E-state index contributed by atoms with van der Waals surface area (Å²) < 4.78 is 0.212. The molecule has 32 heavy (non-hydrogen) atoms. The predicted octanol–water partition coefficient (Wildman–Crippen LogP) is 2.27. The molecule has 0 saturated carbocycles. The van der Waals surface area contributed by atoms with Crippen LogP contribution in [0.15, 0.2) is 47.4 Å². The molecule has 0 aliphatic carbocycles. The maximum Gasteiger partial charge on any atom is 0.288 e. The lowest BCUT2D eigenvalue weighted by Crippen LogP contribution is -2.46. The van der Waals surface area contributed by atoms with E-state index < -0.39 is 29.0 Å². The maximum absolute atomic E-state index is 12.9. The van der Waals surface area contributed by atoms with Gasteiger partial charge in [0.25, 0.3) is 17.1 Å². The molecule has 5 amide bonds. The molecule has 0 spiro atoms. The van der Waals surface area contributed by atoms with Crippen LogP contribution in [0.4, 0.5) is 4.79 Å². The van der Waals surface area contributed by atoms with Crippen molar-refractivity contribution in [1.82, 2.24) is 14.7 Å². The van der Waals surface area contributed by atoms with Gasteiger partial charge in [0.1, 0.15) is 10.4 Å². The quantitative estimate of drug-likeness (QED) is 0.343. The summed E-state index contributed by atoms with van der Waals surface area (Å²) in [5, 5.41) is -0.392. The van der Waals surface area contributed by atoms with Gasteiger partial charge in [-0.25, -0.2) is 0 Å². The van der Waals surface area contributed by atoms with E-state index in [1.807, 2.05) is 36.4 Å². The number of thioether (sulfide) groups is 2. The highest BCUT2D eigenvalue weighted by atomic mass is 32.2. The molecule has 0 aromatic heterocycles. The van der Waals surface area contributed by atoms with Gasteiger partial charge in [-0.05, 0) is 11.6 Å². The van der Waals surface area contributed by atoms with Gasteiger partial charge >= 0.3 is 0 Å². The van der Waals surface area contributed by atoms with Crippen LogP contribution in [0.3, 0.4) is 0 Å². The van der Waals surface area contributed by atoms with Crippen molar-refractivity contribution in [2.24, 2.45) is 0 Å². The Morgan fingerprint density at radius 2 is 1.72 bits per heavy atom. The van der Waals surface area contributed by atoms with Crippen LogP contribution in [-0.2, 0) is 19.2 Å². The van der Waals surface area contributed by atoms with Crippen molar-refractivity contribution >= 4 is 75.0 Å². The van der Waals surface area contributed by atoms with Crippen molar-refractivity contribution in [3.05, 3.63) is 53.0 Å². The Morgan fingerprint density at radius 3 is 2.41 bits per heavy atom. The van der Waals surface area contributed by atoms with Gasteiger partial charge in [-0.1, -0.05) is 78.2 Å². The molecule has 1 atom stereocenters. The summed E-state index contributed by atoms with van der Waals surface area (Å²) in [5.41, 5.74) is 0.972. The van der Waals surface area contributed by atoms with Gasteiger partial charge in [0, 0.05) is 13.1 Å². The number of benzene rings is 1. The van der Waals surface area contributed by atoms with E-state index in [-0.39, 0.29) is 35.5 Å². The van der Waals surface area contributed by atoms with Crippen molar-refractivity contribution in [3.8, 4) is 0 Å². The van der Waals surface area contributed by atoms with Gasteiger partial charge in [-0.3, -0.25) is 38.7 Å². The second kappa shape index (κ2) is 9.39. The van der Waals surface area contributed by atoms with Gasteiger partial charge in [-0.15, -0.1) is 0 Å². The summed E-state index contributed by atoms with van der Waals surface area (Å²) >= 11 is 7.28. The summed E-state index contributed by atoms with van der Waals surface area (Å²) in [7, 11) is 0. The molecule has 3 aliphatic heterocycles. The number of carbonyl (C=O) groups excluding carboxylic acids is 5. The van der Waals surface area contributed by atoms with Crippen molar-refractivity contribution in [2.45, 2.75) is 12.5 Å². The number of amides is 5. The third-order valence-electron chi connectivity index (χ3n) is 5.08. The topological polar surface area (TPSA) is 95.1 Å². The van der Waals surface area contributed by atoms with Gasteiger partial charge < -0.3 is 0 Å². The summed E-state index contributed by atoms with van der Waals surface area (Å²) in [6, 6.07) is 8.55. The number of hydrogen-bond acceptors (Lipinski definition) is 8. The number of imide groups is 2. The van der Waals surface area contributed by atoms with Crippen LogP contribution in [0.25, 0.3) is 6.08 Å². The Kier molecular flexibility index (Phi) is 6.58. The smallest absolute Gasteiger partial charge is 0.280 e. The molecule has 3 heterocycles. The zero-order chi connectivity index (χ0) is 22.8. The molecule has 0 bridgehead atoms.